The molecule has 30 heavy (non-hydrogen) atoms. The highest BCUT2D eigenvalue weighted by molar-refractivity contribution is 7.80. The van der Waals surface area contributed by atoms with Crippen LogP contribution in [0.2, 0.25) is 5.02 Å². The maximum absolute atomic E-state index is 6.52. The number of thiocarbonyl (C=S) groups is 1. The van der Waals surface area contributed by atoms with E-state index >= 15 is 0 Å². The Morgan fingerprint density at radius 1 is 1.20 bits per heavy atom. The Balaban J connectivity index is 1.70. The Labute approximate surface area is 190 Å². The fourth-order valence-corrected chi connectivity index (χ4v) is 5.11. The summed E-state index contributed by atoms with van der Waals surface area (Å²) in [6.45, 7) is 3.06. The second-order valence-corrected chi connectivity index (χ2v) is 9.01. The van der Waals surface area contributed by atoms with Crippen LogP contribution in [0.25, 0.3) is 0 Å². The fourth-order valence-electron chi connectivity index (χ4n) is 3.53. The van der Waals surface area contributed by atoms with Gasteiger partial charge >= 0.3 is 0 Å². The van der Waals surface area contributed by atoms with Gasteiger partial charge in [-0.3, -0.25) is 4.98 Å². The molecule has 1 aliphatic rings. The molecule has 1 aromatic carbocycles. The number of aryl methyl sites for hydroxylation is 1. The smallest absolute Gasteiger partial charge is 0.174 e. The van der Waals surface area contributed by atoms with E-state index in [1.165, 1.54) is 9.75 Å². The van der Waals surface area contributed by atoms with E-state index in [4.69, 9.17) is 33.3 Å². The topological polar surface area (TPSA) is 46.6 Å². The zero-order chi connectivity index (χ0) is 21.1. The Bertz CT molecular complexity index is 1030. The molecule has 0 aliphatic carbocycles. The van der Waals surface area contributed by atoms with Crippen molar-refractivity contribution < 1.29 is 9.47 Å². The van der Waals surface area contributed by atoms with Crippen LogP contribution in [0, 0.1) is 6.92 Å². The Kier molecular flexibility index (Phi) is 6.53. The molecule has 0 radical (unpaired) electrons. The Hall–Kier alpha value is -2.19. The van der Waals surface area contributed by atoms with Gasteiger partial charge in [0.25, 0.3) is 0 Å². The van der Waals surface area contributed by atoms with Crippen molar-refractivity contribution in [3.63, 3.8) is 0 Å². The average Bonchev–Trinajstić information content (AvgIpc) is 3.33. The van der Waals surface area contributed by atoms with E-state index in [-0.39, 0.29) is 12.1 Å². The number of ether oxygens (including phenoxy) is 2. The Morgan fingerprint density at radius 2 is 2.07 bits per heavy atom. The summed E-state index contributed by atoms with van der Waals surface area (Å²) >= 11 is 14.0. The minimum Gasteiger partial charge on any atom is -0.490 e. The van der Waals surface area contributed by atoms with E-state index < -0.39 is 0 Å². The number of hydrogen-bond donors (Lipinski definition) is 1. The van der Waals surface area contributed by atoms with E-state index in [1.807, 2.05) is 42.6 Å². The lowest BCUT2D eigenvalue weighted by atomic mass is 10.0. The molecule has 0 saturated carbocycles. The SMILES string of the molecule is COCCOc1ccc(N2C(=S)N[C@H](c3ccccn3)[C@H]2c2ccc(C)s2)cc1Cl. The number of nitrogens with one attached hydrogen (secondary N) is 1. The summed E-state index contributed by atoms with van der Waals surface area (Å²) < 4.78 is 10.7. The van der Waals surface area contributed by atoms with Crippen LogP contribution < -0.4 is 15.0 Å². The predicted octanol–water partition coefficient (Wildman–Crippen LogP) is 5.31. The van der Waals surface area contributed by atoms with Crippen molar-refractivity contribution in [1.29, 1.82) is 0 Å². The largest absolute Gasteiger partial charge is 0.490 e. The maximum Gasteiger partial charge on any atom is 0.174 e. The molecular weight excluding hydrogens is 438 g/mol. The molecule has 2 atom stereocenters. The minimum atomic E-state index is -0.0619. The van der Waals surface area contributed by atoms with Crippen LogP contribution in [-0.2, 0) is 4.74 Å². The van der Waals surface area contributed by atoms with Crippen molar-refractivity contribution in [2.75, 3.05) is 25.2 Å². The van der Waals surface area contributed by atoms with Crippen molar-refractivity contribution in [1.82, 2.24) is 10.3 Å². The zero-order valence-electron chi connectivity index (χ0n) is 16.7. The van der Waals surface area contributed by atoms with Crippen LogP contribution in [0.4, 0.5) is 5.69 Å². The first kappa shape index (κ1) is 21.1. The third-order valence-electron chi connectivity index (χ3n) is 4.89. The van der Waals surface area contributed by atoms with Gasteiger partial charge < -0.3 is 19.7 Å². The normalized spacial score (nSPS) is 18.5. The first-order valence-electron chi connectivity index (χ1n) is 9.57. The molecule has 156 valence electrons. The third-order valence-corrected chi connectivity index (χ3v) is 6.57. The van der Waals surface area contributed by atoms with E-state index in [0.717, 1.165) is 11.4 Å². The average molecular weight is 460 g/mol. The molecule has 0 unspecified atom stereocenters. The third kappa shape index (κ3) is 4.30. The van der Waals surface area contributed by atoms with Gasteiger partial charge in [-0.05, 0) is 61.6 Å². The molecule has 1 fully saturated rings. The minimum absolute atomic E-state index is 0.0255. The summed E-state index contributed by atoms with van der Waals surface area (Å²) in [5.41, 5.74) is 1.86. The van der Waals surface area contributed by atoms with Gasteiger partial charge in [0.1, 0.15) is 12.4 Å². The van der Waals surface area contributed by atoms with Crippen LogP contribution in [0.3, 0.4) is 0 Å². The number of hydrogen-bond acceptors (Lipinski definition) is 5. The number of methoxy groups -OCH3 is 1. The molecular formula is C22H22ClN3O2S2. The van der Waals surface area contributed by atoms with E-state index in [9.17, 15) is 0 Å². The zero-order valence-corrected chi connectivity index (χ0v) is 19.1. The molecule has 4 rings (SSSR count). The number of halogens is 1. The second kappa shape index (κ2) is 9.31. The predicted molar refractivity (Wildman–Crippen MR) is 126 cm³/mol. The quantitative estimate of drug-likeness (QED) is 0.381. The van der Waals surface area contributed by atoms with Gasteiger partial charge in [-0.1, -0.05) is 17.7 Å². The van der Waals surface area contributed by atoms with Crippen molar-refractivity contribution in [3.05, 3.63) is 75.2 Å². The van der Waals surface area contributed by atoms with Crippen molar-refractivity contribution in [2.24, 2.45) is 0 Å². The number of nitrogens with zero attached hydrogens (tertiary/aromatic N) is 2. The van der Waals surface area contributed by atoms with E-state index in [2.05, 4.69) is 34.3 Å². The summed E-state index contributed by atoms with van der Waals surface area (Å²) in [7, 11) is 1.64. The first-order chi connectivity index (χ1) is 14.6. The molecule has 8 heteroatoms. The first-order valence-corrected chi connectivity index (χ1v) is 11.2. The molecule has 1 saturated heterocycles. The van der Waals surface area contributed by atoms with Gasteiger partial charge in [-0.25, -0.2) is 0 Å². The molecule has 0 amide bonds. The van der Waals surface area contributed by atoms with E-state index in [0.29, 0.717) is 29.1 Å². The van der Waals surface area contributed by atoms with Gasteiger partial charge in [0.15, 0.2) is 5.11 Å². The van der Waals surface area contributed by atoms with Gasteiger partial charge in [0, 0.05) is 28.7 Å². The van der Waals surface area contributed by atoms with Crippen LogP contribution in [-0.4, -0.2) is 30.4 Å². The van der Waals surface area contributed by atoms with Crippen LogP contribution in [0.5, 0.6) is 5.75 Å². The van der Waals surface area contributed by atoms with Gasteiger partial charge in [0.2, 0.25) is 0 Å². The highest BCUT2D eigenvalue weighted by Gasteiger charge is 2.41. The summed E-state index contributed by atoms with van der Waals surface area (Å²) in [4.78, 5) is 9.16. The number of pyridine rings is 1. The lowest BCUT2D eigenvalue weighted by Crippen LogP contribution is -2.29. The summed E-state index contributed by atoms with van der Waals surface area (Å²) in [6, 6.07) is 15.9. The number of anilines is 1. The monoisotopic (exact) mass is 459 g/mol. The van der Waals surface area contributed by atoms with Gasteiger partial charge in [0.05, 0.1) is 29.4 Å². The molecule has 1 aliphatic heterocycles. The van der Waals surface area contributed by atoms with Crippen molar-refractivity contribution in [2.45, 2.75) is 19.0 Å². The molecule has 0 bridgehead atoms. The van der Waals surface area contributed by atoms with Crippen LogP contribution in [0.1, 0.15) is 27.5 Å². The fraction of sp³-hybridized carbons (Fsp3) is 0.273. The molecule has 3 aromatic rings. The number of rotatable bonds is 7. The van der Waals surface area contributed by atoms with Crippen molar-refractivity contribution >= 4 is 46.0 Å². The van der Waals surface area contributed by atoms with Gasteiger partial charge in [-0.15, -0.1) is 11.3 Å². The molecule has 2 aromatic heterocycles. The lowest BCUT2D eigenvalue weighted by Gasteiger charge is -2.27. The number of aromatic nitrogens is 1. The second-order valence-electron chi connectivity index (χ2n) is 6.90. The maximum atomic E-state index is 6.52. The molecule has 0 spiro atoms. The van der Waals surface area contributed by atoms with Crippen LogP contribution >= 0.6 is 35.2 Å². The number of benzene rings is 1. The molecule has 3 heterocycles. The summed E-state index contributed by atoms with van der Waals surface area (Å²) in [5.74, 6) is 0.625. The standard InChI is InChI=1S/C22H22ClN3O2S2/c1-14-6-9-19(30-14)21-20(17-5-3-4-10-24-17)25-22(29)26(21)15-7-8-18(16(23)13-15)28-12-11-27-2/h3-10,13,20-21H,11-12H2,1-2H3,(H,25,29)/t20-,21-/m1/s1. The van der Waals surface area contributed by atoms with Gasteiger partial charge in [-0.2, -0.15) is 0 Å². The number of thiophene rings is 1. The summed E-state index contributed by atoms with van der Waals surface area (Å²) in [5, 5.41) is 4.64. The highest BCUT2D eigenvalue weighted by atomic mass is 35.5. The summed E-state index contributed by atoms with van der Waals surface area (Å²) in [6.07, 6.45) is 1.81. The van der Waals surface area contributed by atoms with Crippen molar-refractivity contribution in [3.8, 4) is 5.75 Å². The van der Waals surface area contributed by atoms with Crippen LogP contribution in [0.15, 0.2) is 54.7 Å². The Morgan fingerprint density at radius 3 is 2.73 bits per heavy atom. The van der Waals surface area contributed by atoms with E-state index in [1.54, 1.807) is 18.4 Å². The lowest BCUT2D eigenvalue weighted by molar-refractivity contribution is 0.146. The molecule has 1 N–H and O–H groups in total. The molecule has 5 nitrogen and oxygen atoms in total. The highest BCUT2D eigenvalue weighted by Crippen LogP contribution is 2.44.